The minimum Gasteiger partial charge on any atom is -0.328 e. The van der Waals surface area contributed by atoms with Crippen molar-refractivity contribution < 1.29 is 0 Å². The molecular formula is C16H32N2. The number of hydrogen-bond acceptors (Lipinski definition) is 2. The van der Waals surface area contributed by atoms with Crippen LogP contribution in [0.2, 0.25) is 0 Å². The molecule has 2 N–H and O–H groups in total. The van der Waals surface area contributed by atoms with Crippen LogP contribution in [-0.4, -0.2) is 29.6 Å². The first-order chi connectivity index (χ1) is 8.58. The Labute approximate surface area is 113 Å². The highest BCUT2D eigenvalue weighted by atomic mass is 15.2. The van der Waals surface area contributed by atoms with Gasteiger partial charge >= 0.3 is 0 Å². The highest BCUT2D eigenvalue weighted by Crippen LogP contribution is 2.32. The van der Waals surface area contributed by atoms with Gasteiger partial charge in [-0.3, -0.25) is 4.90 Å². The highest BCUT2D eigenvalue weighted by molar-refractivity contribution is 4.87. The van der Waals surface area contributed by atoms with Crippen LogP contribution in [0, 0.1) is 11.8 Å². The molecule has 18 heavy (non-hydrogen) atoms. The van der Waals surface area contributed by atoms with Gasteiger partial charge in [-0.05, 0) is 50.9 Å². The molecule has 2 nitrogen and oxygen atoms in total. The Morgan fingerprint density at radius 3 is 2.50 bits per heavy atom. The molecule has 106 valence electrons. The Morgan fingerprint density at radius 1 is 1.06 bits per heavy atom. The van der Waals surface area contributed by atoms with E-state index >= 15 is 0 Å². The molecule has 0 aromatic rings. The Bertz CT molecular complexity index is 251. The number of nitrogens with two attached hydrogens (primary N) is 1. The molecule has 2 fully saturated rings. The van der Waals surface area contributed by atoms with E-state index < -0.39 is 0 Å². The van der Waals surface area contributed by atoms with Crippen molar-refractivity contribution in [3.63, 3.8) is 0 Å². The number of hydrogen-bond donors (Lipinski definition) is 1. The van der Waals surface area contributed by atoms with Crippen molar-refractivity contribution >= 4 is 0 Å². The minimum absolute atomic E-state index is 0.449. The molecule has 2 rings (SSSR count). The lowest BCUT2D eigenvalue weighted by atomic mass is 9.88. The third kappa shape index (κ3) is 3.48. The van der Waals surface area contributed by atoms with Gasteiger partial charge in [0.25, 0.3) is 0 Å². The molecule has 4 unspecified atom stereocenters. The van der Waals surface area contributed by atoms with Crippen molar-refractivity contribution in [1.29, 1.82) is 0 Å². The number of rotatable bonds is 2. The van der Waals surface area contributed by atoms with Crippen LogP contribution in [0.15, 0.2) is 0 Å². The van der Waals surface area contributed by atoms with E-state index in [1.165, 1.54) is 51.5 Å². The summed E-state index contributed by atoms with van der Waals surface area (Å²) < 4.78 is 0. The summed E-state index contributed by atoms with van der Waals surface area (Å²) in [6.07, 6.45) is 9.57. The quantitative estimate of drug-likeness (QED) is 0.763. The van der Waals surface area contributed by atoms with Crippen molar-refractivity contribution in [2.45, 2.75) is 83.8 Å². The average Bonchev–Trinajstić information content (AvgIpc) is 2.54. The molecule has 0 aromatic heterocycles. The van der Waals surface area contributed by atoms with Gasteiger partial charge in [-0.15, -0.1) is 0 Å². The Hall–Kier alpha value is -0.0800. The fourth-order valence-corrected chi connectivity index (χ4v) is 4.08. The van der Waals surface area contributed by atoms with Crippen LogP contribution in [-0.2, 0) is 0 Å². The Kier molecular flexibility index (Phi) is 5.08. The lowest BCUT2D eigenvalue weighted by Crippen LogP contribution is -2.50. The molecule has 1 aliphatic heterocycles. The average molecular weight is 252 g/mol. The van der Waals surface area contributed by atoms with Crippen LogP contribution in [0.25, 0.3) is 0 Å². The number of piperidine rings is 1. The Balaban J connectivity index is 1.89. The smallest absolute Gasteiger partial charge is 0.00982 e. The molecule has 0 amide bonds. The summed E-state index contributed by atoms with van der Waals surface area (Å²) in [7, 11) is 0. The lowest BCUT2D eigenvalue weighted by molar-refractivity contribution is 0.0857. The standard InChI is InChI=1S/C16H32N2/c1-12(2)14-5-4-6-16(8-7-14)18-10-9-15(17)11-13(18)3/h12-16H,4-11,17H2,1-3H3. The maximum absolute atomic E-state index is 6.08. The third-order valence-corrected chi connectivity index (χ3v) is 5.36. The first-order valence-electron chi connectivity index (χ1n) is 8.09. The molecular weight excluding hydrogens is 220 g/mol. The zero-order chi connectivity index (χ0) is 13.1. The number of nitrogens with zero attached hydrogens (tertiary/aromatic N) is 1. The van der Waals surface area contributed by atoms with E-state index in [0.29, 0.717) is 12.1 Å². The van der Waals surface area contributed by atoms with E-state index in [-0.39, 0.29) is 0 Å². The van der Waals surface area contributed by atoms with E-state index in [2.05, 4.69) is 25.7 Å². The van der Waals surface area contributed by atoms with Crippen LogP contribution in [0.1, 0.15) is 65.7 Å². The molecule has 1 saturated carbocycles. The maximum atomic E-state index is 6.08. The van der Waals surface area contributed by atoms with Crippen molar-refractivity contribution in [3.8, 4) is 0 Å². The fourth-order valence-electron chi connectivity index (χ4n) is 4.08. The van der Waals surface area contributed by atoms with Gasteiger partial charge in [-0.2, -0.15) is 0 Å². The topological polar surface area (TPSA) is 29.3 Å². The summed E-state index contributed by atoms with van der Waals surface area (Å²) in [5, 5.41) is 0. The van der Waals surface area contributed by atoms with E-state index in [1.807, 2.05) is 0 Å². The zero-order valence-corrected chi connectivity index (χ0v) is 12.6. The van der Waals surface area contributed by atoms with Crippen molar-refractivity contribution in [2.24, 2.45) is 17.6 Å². The molecule has 1 aliphatic carbocycles. The zero-order valence-electron chi connectivity index (χ0n) is 12.6. The van der Waals surface area contributed by atoms with Crippen molar-refractivity contribution in [3.05, 3.63) is 0 Å². The van der Waals surface area contributed by atoms with Crippen LogP contribution in [0.5, 0.6) is 0 Å². The monoisotopic (exact) mass is 252 g/mol. The molecule has 2 heteroatoms. The first kappa shape index (κ1) is 14.3. The maximum Gasteiger partial charge on any atom is 0.00982 e. The largest absolute Gasteiger partial charge is 0.328 e. The summed E-state index contributed by atoms with van der Waals surface area (Å²) in [6.45, 7) is 8.41. The molecule has 4 atom stereocenters. The summed E-state index contributed by atoms with van der Waals surface area (Å²) in [4.78, 5) is 2.77. The van der Waals surface area contributed by atoms with Gasteiger partial charge in [-0.1, -0.05) is 26.7 Å². The minimum atomic E-state index is 0.449. The van der Waals surface area contributed by atoms with Crippen LogP contribution in [0.3, 0.4) is 0 Å². The summed E-state index contributed by atoms with van der Waals surface area (Å²) >= 11 is 0. The molecule has 0 radical (unpaired) electrons. The Morgan fingerprint density at radius 2 is 1.83 bits per heavy atom. The van der Waals surface area contributed by atoms with Crippen molar-refractivity contribution in [2.75, 3.05) is 6.54 Å². The normalized spacial score (nSPS) is 39.8. The van der Waals surface area contributed by atoms with Gasteiger partial charge in [0, 0.05) is 24.7 Å². The fraction of sp³-hybridized carbons (Fsp3) is 1.00. The third-order valence-electron chi connectivity index (χ3n) is 5.36. The van der Waals surface area contributed by atoms with Gasteiger partial charge in [0.05, 0.1) is 0 Å². The molecule has 0 bridgehead atoms. The van der Waals surface area contributed by atoms with Gasteiger partial charge < -0.3 is 5.73 Å². The molecule has 1 heterocycles. The second kappa shape index (κ2) is 6.38. The van der Waals surface area contributed by atoms with Gasteiger partial charge in [0.15, 0.2) is 0 Å². The number of likely N-dealkylation sites (tertiary alicyclic amines) is 1. The lowest BCUT2D eigenvalue weighted by Gasteiger charge is -2.41. The van der Waals surface area contributed by atoms with Crippen LogP contribution >= 0.6 is 0 Å². The summed E-state index contributed by atoms with van der Waals surface area (Å²) in [5.41, 5.74) is 6.08. The molecule has 1 saturated heterocycles. The van der Waals surface area contributed by atoms with Crippen LogP contribution in [0.4, 0.5) is 0 Å². The van der Waals surface area contributed by atoms with Gasteiger partial charge in [-0.25, -0.2) is 0 Å². The highest BCUT2D eigenvalue weighted by Gasteiger charge is 2.31. The molecule has 0 spiro atoms. The van der Waals surface area contributed by atoms with Crippen molar-refractivity contribution in [1.82, 2.24) is 4.90 Å². The molecule has 2 aliphatic rings. The first-order valence-corrected chi connectivity index (χ1v) is 8.09. The van der Waals surface area contributed by atoms with E-state index in [9.17, 15) is 0 Å². The summed E-state index contributed by atoms with van der Waals surface area (Å²) in [5.74, 6) is 1.84. The second-order valence-corrected chi connectivity index (χ2v) is 7.04. The summed E-state index contributed by atoms with van der Waals surface area (Å²) in [6, 6.07) is 2.00. The SMILES string of the molecule is CC(C)C1CCCC(N2CCC(N)CC2C)CC1. The second-order valence-electron chi connectivity index (χ2n) is 7.04. The van der Waals surface area contributed by atoms with E-state index in [1.54, 1.807) is 0 Å². The van der Waals surface area contributed by atoms with E-state index in [4.69, 9.17) is 5.73 Å². The van der Waals surface area contributed by atoms with Gasteiger partial charge in [0.2, 0.25) is 0 Å². The van der Waals surface area contributed by atoms with Crippen LogP contribution < -0.4 is 5.73 Å². The predicted octanol–water partition coefficient (Wildman–Crippen LogP) is 3.40. The predicted molar refractivity (Wildman–Crippen MR) is 78.6 cm³/mol. The van der Waals surface area contributed by atoms with E-state index in [0.717, 1.165) is 17.9 Å². The molecule has 0 aromatic carbocycles. The van der Waals surface area contributed by atoms with Gasteiger partial charge in [0.1, 0.15) is 0 Å².